The Hall–Kier alpha value is -3.13. The molecule has 4 rings (SSSR count). The van der Waals surface area contributed by atoms with Gasteiger partial charge in [0.05, 0.1) is 47.9 Å². The number of aromatic nitrogens is 4. The molecule has 1 atom stereocenters. The van der Waals surface area contributed by atoms with Crippen LogP contribution < -0.4 is 15.4 Å². The van der Waals surface area contributed by atoms with Crippen LogP contribution in [0.2, 0.25) is 0 Å². The summed E-state index contributed by atoms with van der Waals surface area (Å²) in [6, 6.07) is 9.61. The lowest BCUT2D eigenvalue weighted by Crippen LogP contribution is -2.36. The van der Waals surface area contributed by atoms with Crippen LogP contribution in [0.5, 0.6) is 0 Å². The van der Waals surface area contributed by atoms with Gasteiger partial charge in [-0.05, 0) is 61.6 Å². The molecule has 11 nitrogen and oxygen atoms in total. The molecular formula is C25H34FN7O4S. The number of aliphatic hydroxyl groups excluding tert-OH is 1. The second-order valence-electron chi connectivity index (χ2n) is 9.55. The van der Waals surface area contributed by atoms with Gasteiger partial charge in [-0.1, -0.05) is 18.2 Å². The number of aliphatic hydroxyl groups is 1. The Morgan fingerprint density at radius 3 is 2.71 bits per heavy atom. The number of ether oxygens (including phenoxy) is 1. The van der Waals surface area contributed by atoms with Crippen LogP contribution in [0.15, 0.2) is 42.6 Å². The summed E-state index contributed by atoms with van der Waals surface area (Å²) in [6.45, 7) is 4.99. The molecule has 1 aromatic carbocycles. The van der Waals surface area contributed by atoms with Gasteiger partial charge in [0.2, 0.25) is 16.0 Å². The molecule has 0 saturated carbocycles. The summed E-state index contributed by atoms with van der Waals surface area (Å²) < 4.78 is 48.1. The highest BCUT2D eigenvalue weighted by molar-refractivity contribution is 7.92. The summed E-state index contributed by atoms with van der Waals surface area (Å²) in [5.41, 5.74) is 8.28. The number of pyridine rings is 1. The summed E-state index contributed by atoms with van der Waals surface area (Å²) in [7, 11) is -3.70. The average Bonchev–Trinajstić information content (AvgIpc) is 3.39. The third kappa shape index (κ3) is 7.25. The zero-order valence-electron chi connectivity index (χ0n) is 21.3. The predicted molar refractivity (Wildman–Crippen MR) is 143 cm³/mol. The second-order valence-corrected chi connectivity index (χ2v) is 11.4. The van der Waals surface area contributed by atoms with Crippen molar-refractivity contribution in [2.24, 2.45) is 17.6 Å². The number of anilines is 2. The molecule has 2 aromatic heterocycles. The third-order valence-corrected chi connectivity index (χ3v) is 7.71. The Bertz CT molecular complexity index is 1310. The minimum absolute atomic E-state index is 0.324. The van der Waals surface area contributed by atoms with Gasteiger partial charge in [-0.3, -0.25) is 4.72 Å². The van der Waals surface area contributed by atoms with Crippen LogP contribution in [0.3, 0.4) is 0 Å². The van der Waals surface area contributed by atoms with E-state index in [1.54, 1.807) is 41.2 Å². The first kappa shape index (κ1) is 27.9. The third-order valence-electron chi connectivity index (χ3n) is 6.44. The largest absolute Gasteiger partial charge is 0.395 e. The molecule has 0 aliphatic carbocycles. The zero-order valence-corrected chi connectivity index (χ0v) is 22.1. The smallest absolute Gasteiger partial charge is 0.234 e. The number of nitrogens with zero attached hydrogens (tertiary/aromatic N) is 5. The van der Waals surface area contributed by atoms with Gasteiger partial charge in [0.15, 0.2) is 0 Å². The Kier molecular flexibility index (Phi) is 9.26. The van der Waals surface area contributed by atoms with Crippen molar-refractivity contribution in [1.29, 1.82) is 0 Å². The number of rotatable bonds is 12. The van der Waals surface area contributed by atoms with Crippen molar-refractivity contribution in [3.05, 3.63) is 48.5 Å². The first-order chi connectivity index (χ1) is 18.3. The topological polar surface area (TPSA) is 148 Å². The number of piperidine rings is 1. The van der Waals surface area contributed by atoms with Crippen LogP contribution in [-0.4, -0.2) is 78.7 Å². The molecule has 1 aliphatic heterocycles. The fourth-order valence-electron chi connectivity index (χ4n) is 4.28. The van der Waals surface area contributed by atoms with E-state index in [4.69, 9.17) is 15.6 Å². The number of nitrogens with one attached hydrogen (secondary N) is 1. The first-order valence-corrected chi connectivity index (χ1v) is 14.3. The van der Waals surface area contributed by atoms with Gasteiger partial charge in [0, 0.05) is 19.7 Å². The van der Waals surface area contributed by atoms with E-state index in [0.717, 1.165) is 31.6 Å². The van der Waals surface area contributed by atoms with Crippen LogP contribution in [0.4, 0.5) is 15.8 Å². The fourth-order valence-corrected chi connectivity index (χ4v) is 5.11. The molecule has 3 heterocycles. The number of hydrogen-bond donors (Lipinski definition) is 3. The highest BCUT2D eigenvalue weighted by atomic mass is 32.2. The number of sulfonamides is 1. The maximum absolute atomic E-state index is 13.6. The maximum atomic E-state index is 13.6. The van der Waals surface area contributed by atoms with E-state index in [1.807, 2.05) is 0 Å². The average molecular weight is 548 g/mol. The Morgan fingerprint density at radius 1 is 1.21 bits per heavy atom. The Balaban J connectivity index is 1.57. The molecule has 1 unspecified atom stereocenters. The van der Waals surface area contributed by atoms with Crippen LogP contribution in [0.1, 0.15) is 19.8 Å². The zero-order chi connectivity index (χ0) is 27.1. The number of nitrogens with two attached hydrogens (primary N) is 1. The highest BCUT2D eigenvalue weighted by Gasteiger charge is 2.24. The molecule has 3 aromatic rings. The summed E-state index contributed by atoms with van der Waals surface area (Å²) in [5, 5.41) is 17.5. The molecule has 4 N–H and O–H groups in total. The monoisotopic (exact) mass is 547 g/mol. The molecule has 0 bridgehead atoms. The lowest BCUT2D eigenvalue weighted by atomic mass is 9.97. The normalized spacial score (nSPS) is 15.5. The van der Waals surface area contributed by atoms with Gasteiger partial charge in [0.25, 0.3) is 0 Å². The molecule has 1 saturated heterocycles. The molecule has 206 valence electrons. The van der Waals surface area contributed by atoms with E-state index < -0.39 is 28.3 Å². The molecule has 38 heavy (non-hydrogen) atoms. The molecule has 1 fully saturated rings. The van der Waals surface area contributed by atoms with E-state index in [-0.39, 0.29) is 0 Å². The van der Waals surface area contributed by atoms with Crippen LogP contribution >= 0.6 is 0 Å². The van der Waals surface area contributed by atoms with Gasteiger partial charge in [-0.25, -0.2) is 18.1 Å². The van der Waals surface area contributed by atoms with Gasteiger partial charge in [0.1, 0.15) is 5.69 Å². The lowest BCUT2D eigenvalue weighted by molar-refractivity contribution is 0.0700. The van der Waals surface area contributed by atoms with Crippen LogP contribution in [0.25, 0.3) is 17.1 Å². The van der Waals surface area contributed by atoms with Crippen molar-refractivity contribution >= 4 is 21.4 Å². The summed E-state index contributed by atoms with van der Waals surface area (Å²) in [4.78, 5) is 6.06. The van der Waals surface area contributed by atoms with E-state index >= 15 is 0 Å². The Labute approximate surface area is 221 Å². The SMILES string of the molecule is CC(CN)COCC1CCN(c2cc(NS(=O)(=O)CCO)ccc2-n2cc(-c3cccc(F)n3)nn2)CC1. The van der Waals surface area contributed by atoms with Crippen molar-refractivity contribution < 1.29 is 22.7 Å². The number of hydrogen-bond acceptors (Lipinski definition) is 9. The number of benzene rings is 1. The minimum atomic E-state index is -3.70. The van der Waals surface area contributed by atoms with Crippen molar-refractivity contribution in [2.45, 2.75) is 19.8 Å². The van der Waals surface area contributed by atoms with Crippen LogP contribution in [-0.2, 0) is 14.8 Å². The maximum Gasteiger partial charge on any atom is 0.234 e. The molecule has 0 amide bonds. The van der Waals surface area contributed by atoms with E-state index in [0.29, 0.717) is 54.4 Å². The predicted octanol–water partition coefficient (Wildman–Crippen LogP) is 2.03. The van der Waals surface area contributed by atoms with E-state index in [9.17, 15) is 12.8 Å². The van der Waals surface area contributed by atoms with E-state index in [2.05, 4.69) is 31.8 Å². The van der Waals surface area contributed by atoms with E-state index in [1.165, 1.54) is 6.07 Å². The molecule has 13 heteroatoms. The summed E-state index contributed by atoms with van der Waals surface area (Å²) in [5.74, 6) is -0.264. The van der Waals surface area contributed by atoms with Crippen LogP contribution in [0, 0.1) is 17.8 Å². The molecule has 0 radical (unpaired) electrons. The van der Waals surface area contributed by atoms with Crippen molar-refractivity contribution in [1.82, 2.24) is 20.0 Å². The van der Waals surface area contributed by atoms with Gasteiger partial charge in [-0.15, -0.1) is 5.10 Å². The minimum Gasteiger partial charge on any atom is -0.395 e. The molecular weight excluding hydrogens is 513 g/mol. The second kappa shape index (κ2) is 12.6. The summed E-state index contributed by atoms with van der Waals surface area (Å²) in [6.07, 6.45) is 3.48. The van der Waals surface area contributed by atoms with Gasteiger partial charge in [-0.2, -0.15) is 4.39 Å². The van der Waals surface area contributed by atoms with Gasteiger partial charge >= 0.3 is 0 Å². The summed E-state index contributed by atoms with van der Waals surface area (Å²) >= 11 is 0. The van der Waals surface area contributed by atoms with Gasteiger partial charge < -0.3 is 20.5 Å². The highest BCUT2D eigenvalue weighted by Crippen LogP contribution is 2.32. The van der Waals surface area contributed by atoms with Crippen molar-refractivity contribution in [2.75, 3.05) is 54.8 Å². The fraction of sp³-hybridized carbons (Fsp3) is 0.480. The quantitative estimate of drug-likeness (QED) is 0.290. The molecule has 1 aliphatic rings. The van der Waals surface area contributed by atoms with Crippen molar-refractivity contribution in [3.8, 4) is 17.1 Å². The molecule has 0 spiro atoms. The standard InChI is InChI=1S/C25H34FN7O4S/c1-18(14-27)16-37-17-19-7-9-32(10-8-19)24-13-20(30-38(35,36)12-11-34)5-6-23(24)33-15-22(29-31-33)21-3-2-4-25(26)28-21/h2-6,13,15,18-19,30,34H,7-12,14,16-17,27H2,1H3. The number of halogens is 1. The first-order valence-electron chi connectivity index (χ1n) is 12.6. The van der Waals surface area contributed by atoms with Crippen molar-refractivity contribution in [3.63, 3.8) is 0 Å². The lowest BCUT2D eigenvalue weighted by Gasteiger charge is -2.35. The Morgan fingerprint density at radius 2 is 2.00 bits per heavy atom.